The van der Waals surface area contributed by atoms with E-state index in [4.69, 9.17) is 16.7 Å². The molecule has 0 atom stereocenters. The van der Waals surface area contributed by atoms with Gasteiger partial charge in [-0.25, -0.2) is 0 Å². The van der Waals surface area contributed by atoms with Crippen LogP contribution in [0.5, 0.6) is 5.75 Å². The Hall–Kier alpha value is -1.22. The van der Waals surface area contributed by atoms with Crippen molar-refractivity contribution < 1.29 is 36.2 Å². The quantitative estimate of drug-likeness (QED) is 0.688. The predicted molar refractivity (Wildman–Crippen MR) is 51.4 cm³/mol. The smallest absolute Gasteiger partial charge is 0.404 e. The Labute approximate surface area is 107 Å². The van der Waals surface area contributed by atoms with Crippen LogP contribution in [0, 0.1) is 0 Å². The van der Waals surface area contributed by atoms with Crippen LogP contribution in [0.1, 0.15) is 16.8 Å². The molecule has 19 heavy (non-hydrogen) atoms. The SMILES string of the molecule is OCc1c(OC(F)(F)F)cnc(CCl)c1C(F)(F)F. The van der Waals surface area contributed by atoms with Crippen molar-refractivity contribution in [2.45, 2.75) is 25.0 Å². The zero-order valence-electron chi connectivity index (χ0n) is 8.94. The fourth-order valence-electron chi connectivity index (χ4n) is 1.38. The second-order valence-electron chi connectivity index (χ2n) is 3.26. The minimum atomic E-state index is -5.20. The maximum atomic E-state index is 12.7. The topological polar surface area (TPSA) is 42.4 Å². The van der Waals surface area contributed by atoms with Gasteiger partial charge in [-0.3, -0.25) is 4.98 Å². The number of pyridine rings is 1. The van der Waals surface area contributed by atoms with Gasteiger partial charge in [0.05, 0.1) is 29.9 Å². The number of aromatic nitrogens is 1. The number of alkyl halides is 7. The van der Waals surface area contributed by atoms with Crippen LogP contribution in [0.15, 0.2) is 6.20 Å². The molecule has 1 aromatic heterocycles. The third-order valence-electron chi connectivity index (χ3n) is 2.02. The molecule has 0 aliphatic carbocycles. The summed E-state index contributed by atoms with van der Waals surface area (Å²) in [4.78, 5) is 3.17. The summed E-state index contributed by atoms with van der Waals surface area (Å²) >= 11 is 5.25. The van der Waals surface area contributed by atoms with Crippen LogP contribution in [0.25, 0.3) is 0 Å². The first-order valence-electron chi connectivity index (χ1n) is 4.60. The van der Waals surface area contributed by atoms with Gasteiger partial charge in [0.2, 0.25) is 0 Å². The van der Waals surface area contributed by atoms with Gasteiger partial charge in [-0.15, -0.1) is 24.8 Å². The molecular weight excluding hydrogens is 304 g/mol. The average molecular weight is 310 g/mol. The van der Waals surface area contributed by atoms with E-state index in [-0.39, 0.29) is 0 Å². The number of nitrogens with zero attached hydrogens (tertiary/aromatic N) is 1. The lowest BCUT2D eigenvalue weighted by atomic mass is 10.1. The Morgan fingerprint density at radius 1 is 1.21 bits per heavy atom. The lowest BCUT2D eigenvalue weighted by molar-refractivity contribution is -0.275. The molecule has 1 aromatic rings. The molecule has 0 saturated carbocycles. The molecule has 0 amide bonds. The largest absolute Gasteiger partial charge is 0.573 e. The lowest BCUT2D eigenvalue weighted by Crippen LogP contribution is -2.21. The van der Waals surface area contributed by atoms with E-state index in [1.54, 1.807) is 0 Å². The van der Waals surface area contributed by atoms with Crippen molar-refractivity contribution in [2.75, 3.05) is 0 Å². The van der Waals surface area contributed by atoms with Crippen molar-refractivity contribution in [1.29, 1.82) is 0 Å². The molecule has 0 aromatic carbocycles. The third kappa shape index (κ3) is 3.87. The second-order valence-corrected chi connectivity index (χ2v) is 3.53. The Balaban J connectivity index is 3.45. The van der Waals surface area contributed by atoms with Crippen LogP contribution in [-0.4, -0.2) is 16.5 Å². The molecule has 0 aliphatic heterocycles. The summed E-state index contributed by atoms with van der Waals surface area (Å²) in [5, 5.41) is 8.86. The number of hydrogen-bond donors (Lipinski definition) is 1. The predicted octanol–water partition coefficient (Wildman–Crippen LogP) is 3.23. The monoisotopic (exact) mass is 309 g/mol. The van der Waals surface area contributed by atoms with Crippen molar-refractivity contribution >= 4 is 11.6 Å². The van der Waals surface area contributed by atoms with Gasteiger partial charge in [0, 0.05) is 5.56 Å². The highest BCUT2D eigenvalue weighted by Gasteiger charge is 2.40. The van der Waals surface area contributed by atoms with Gasteiger partial charge in [-0.1, -0.05) is 0 Å². The molecule has 0 unspecified atom stereocenters. The number of hydrogen-bond acceptors (Lipinski definition) is 3. The van der Waals surface area contributed by atoms with E-state index in [9.17, 15) is 26.3 Å². The maximum absolute atomic E-state index is 12.7. The highest BCUT2D eigenvalue weighted by Crippen LogP contribution is 2.39. The Morgan fingerprint density at radius 2 is 1.79 bits per heavy atom. The molecule has 0 bridgehead atoms. The van der Waals surface area contributed by atoms with Gasteiger partial charge in [0.1, 0.15) is 0 Å². The third-order valence-corrected chi connectivity index (χ3v) is 2.27. The molecule has 0 aliphatic rings. The van der Waals surface area contributed by atoms with Gasteiger partial charge >= 0.3 is 12.5 Å². The zero-order chi connectivity index (χ0) is 14.8. The van der Waals surface area contributed by atoms with Crippen molar-refractivity contribution in [3.05, 3.63) is 23.0 Å². The molecule has 3 nitrogen and oxygen atoms in total. The summed E-state index contributed by atoms with van der Waals surface area (Å²) in [6, 6.07) is 0. The number of ether oxygens (including phenoxy) is 1. The van der Waals surface area contributed by atoms with Crippen LogP contribution in [0.4, 0.5) is 26.3 Å². The molecule has 1 heterocycles. The number of aliphatic hydroxyl groups excluding tert-OH is 1. The van der Waals surface area contributed by atoms with E-state index in [1.807, 2.05) is 0 Å². The Kier molecular flexibility index (Phi) is 4.51. The molecule has 0 saturated heterocycles. The molecule has 0 radical (unpaired) electrons. The van der Waals surface area contributed by atoms with Crippen molar-refractivity contribution in [3.63, 3.8) is 0 Å². The van der Waals surface area contributed by atoms with Gasteiger partial charge < -0.3 is 9.84 Å². The van der Waals surface area contributed by atoms with Crippen molar-refractivity contribution in [3.8, 4) is 5.75 Å². The van der Waals surface area contributed by atoms with E-state index in [0.717, 1.165) is 0 Å². The van der Waals surface area contributed by atoms with E-state index in [0.29, 0.717) is 6.20 Å². The summed E-state index contributed by atoms with van der Waals surface area (Å²) in [6.45, 7) is -1.30. The van der Waals surface area contributed by atoms with Crippen molar-refractivity contribution in [1.82, 2.24) is 4.98 Å². The average Bonchev–Trinajstić information content (AvgIpc) is 2.25. The van der Waals surface area contributed by atoms with Crippen LogP contribution >= 0.6 is 11.6 Å². The minimum absolute atomic E-state index is 0.437. The number of aliphatic hydroxyl groups is 1. The van der Waals surface area contributed by atoms with E-state index in [1.165, 1.54) is 0 Å². The van der Waals surface area contributed by atoms with Gasteiger partial charge in [0.15, 0.2) is 5.75 Å². The maximum Gasteiger partial charge on any atom is 0.573 e. The summed E-state index contributed by atoms with van der Waals surface area (Å²) in [7, 11) is 0. The summed E-state index contributed by atoms with van der Waals surface area (Å²) < 4.78 is 77.7. The van der Waals surface area contributed by atoms with Crippen LogP contribution in [0.2, 0.25) is 0 Å². The molecule has 1 N–H and O–H groups in total. The lowest BCUT2D eigenvalue weighted by Gasteiger charge is -2.18. The van der Waals surface area contributed by atoms with Gasteiger partial charge in [0.25, 0.3) is 0 Å². The zero-order valence-corrected chi connectivity index (χ0v) is 9.70. The molecular formula is C9H6ClF6NO2. The number of rotatable bonds is 3. The van der Waals surface area contributed by atoms with E-state index < -0.39 is 47.6 Å². The van der Waals surface area contributed by atoms with Gasteiger partial charge in [-0.2, -0.15) is 13.2 Å². The van der Waals surface area contributed by atoms with Crippen molar-refractivity contribution in [2.24, 2.45) is 0 Å². The summed E-state index contributed by atoms with van der Waals surface area (Å²) in [5.41, 5.74) is -3.27. The standard InChI is InChI=1S/C9H6ClF6NO2/c10-1-5-7(8(11,12)13)4(3-18)6(2-17-5)19-9(14,15)16/h2,18H,1,3H2. The van der Waals surface area contributed by atoms with E-state index >= 15 is 0 Å². The summed E-state index contributed by atoms with van der Waals surface area (Å²) in [5.74, 6) is -1.88. The fourth-order valence-corrected chi connectivity index (χ4v) is 1.58. The molecule has 10 heteroatoms. The van der Waals surface area contributed by atoms with Gasteiger partial charge in [-0.05, 0) is 0 Å². The molecule has 0 spiro atoms. The number of halogens is 7. The fraction of sp³-hybridized carbons (Fsp3) is 0.444. The first kappa shape index (κ1) is 15.8. The Bertz CT molecular complexity index is 459. The molecule has 1 rings (SSSR count). The summed E-state index contributed by atoms with van der Waals surface area (Å²) in [6.07, 6.45) is -9.77. The molecule has 0 fully saturated rings. The van der Waals surface area contributed by atoms with E-state index in [2.05, 4.69) is 9.72 Å². The van der Waals surface area contributed by atoms with Crippen LogP contribution < -0.4 is 4.74 Å². The van der Waals surface area contributed by atoms with Crippen LogP contribution in [-0.2, 0) is 18.7 Å². The molecule has 108 valence electrons. The minimum Gasteiger partial charge on any atom is -0.404 e. The van der Waals surface area contributed by atoms with Crippen LogP contribution in [0.3, 0.4) is 0 Å². The highest BCUT2D eigenvalue weighted by atomic mass is 35.5. The highest BCUT2D eigenvalue weighted by molar-refractivity contribution is 6.17. The normalized spacial score (nSPS) is 12.6. The Morgan fingerprint density at radius 3 is 2.16 bits per heavy atom. The first-order valence-corrected chi connectivity index (χ1v) is 5.14. The second kappa shape index (κ2) is 5.41. The first-order chi connectivity index (χ1) is 8.60.